The maximum absolute atomic E-state index is 12.4. The number of carboxylic acid groups (broad SMARTS) is 1. The lowest BCUT2D eigenvalue weighted by molar-refractivity contribution is -0.143. The number of piperidine rings is 1. The molecule has 6 heteroatoms. The number of carbonyl (C=O) groups is 2. The molecule has 0 aliphatic carbocycles. The number of amides is 2. The number of hydrogen-bond acceptors (Lipinski definition) is 3. The van der Waals surface area contributed by atoms with Crippen LogP contribution in [-0.2, 0) is 9.53 Å². The van der Waals surface area contributed by atoms with Gasteiger partial charge in [0.15, 0.2) is 0 Å². The molecule has 0 spiro atoms. The summed E-state index contributed by atoms with van der Waals surface area (Å²) in [5.41, 5.74) is 0. The third-order valence-corrected chi connectivity index (χ3v) is 3.45. The minimum Gasteiger partial charge on any atom is -0.481 e. The summed E-state index contributed by atoms with van der Waals surface area (Å²) in [6.45, 7) is 5.86. The predicted molar refractivity (Wildman–Crippen MR) is 71.0 cm³/mol. The van der Waals surface area contributed by atoms with Crippen molar-refractivity contribution in [1.82, 2.24) is 9.80 Å². The Morgan fingerprint density at radius 3 is 2.68 bits per heavy atom. The van der Waals surface area contributed by atoms with Crippen LogP contribution in [0.3, 0.4) is 0 Å². The number of urea groups is 1. The van der Waals surface area contributed by atoms with Crippen LogP contribution in [0.25, 0.3) is 0 Å². The summed E-state index contributed by atoms with van der Waals surface area (Å²) in [6, 6.07) is -0.00847. The van der Waals surface area contributed by atoms with Gasteiger partial charge in [0.2, 0.25) is 0 Å². The van der Waals surface area contributed by atoms with Gasteiger partial charge in [-0.05, 0) is 26.7 Å². The van der Waals surface area contributed by atoms with Crippen molar-refractivity contribution in [2.24, 2.45) is 5.92 Å². The van der Waals surface area contributed by atoms with Crippen LogP contribution in [-0.4, -0.2) is 66.3 Å². The molecule has 0 aromatic heterocycles. The minimum absolute atomic E-state index is 0.0767. The van der Waals surface area contributed by atoms with Gasteiger partial charge in [0.1, 0.15) is 0 Å². The van der Waals surface area contributed by atoms with Crippen LogP contribution in [0.5, 0.6) is 0 Å². The molecule has 1 aliphatic heterocycles. The van der Waals surface area contributed by atoms with Gasteiger partial charge in [0, 0.05) is 32.8 Å². The summed E-state index contributed by atoms with van der Waals surface area (Å²) in [5, 5.41) is 9.06. The summed E-state index contributed by atoms with van der Waals surface area (Å²) in [7, 11) is 1.60. The van der Waals surface area contributed by atoms with Gasteiger partial charge in [-0.3, -0.25) is 4.79 Å². The lowest BCUT2D eigenvalue weighted by atomic mass is 9.98. The van der Waals surface area contributed by atoms with Crippen LogP contribution >= 0.6 is 0 Å². The molecule has 0 radical (unpaired) electrons. The number of ether oxygens (including phenoxy) is 1. The molecular weight excluding hydrogens is 248 g/mol. The van der Waals surface area contributed by atoms with E-state index >= 15 is 0 Å². The Kier molecular flexibility index (Phi) is 6.08. The standard InChI is InChI=1S/C13H24N2O4/c1-10(2)15(7-8-19-3)13(18)14-6-4-5-11(9-14)12(16)17/h10-11H,4-9H2,1-3H3,(H,16,17)/t11-/m1/s1. The monoisotopic (exact) mass is 272 g/mol. The fraction of sp³-hybridized carbons (Fsp3) is 0.846. The molecule has 1 aliphatic rings. The Bertz CT molecular complexity index is 320. The molecule has 0 aromatic carbocycles. The van der Waals surface area contributed by atoms with Crippen molar-refractivity contribution in [3.8, 4) is 0 Å². The molecule has 0 aromatic rings. The van der Waals surface area contributed by atoms with E-state index in [-0.39, 0.29) is 12.1 Å². The molecule has 0 unspecified atom stereocenters. The van der Waals surface area contributed by atoms with Crippen LogP contribution in [0.4, 0.5) is 4.79 Å². The zero-order valence-corrected chi connectivity index (χ0v) is 12.0. The zero-order chi connectivity index (χ0) is 14.4. The maximum Gasteiger partial charge on any atom is 0.320 e. The number of carboxylic acids is 1. The van der Waals surface area contributed by atoms with Crippen molar-refractivity contribution in [1.29, 1.82) is 0 Å². The first-order chi connectivity index (χ1) is 8.97. The molecule has 1 atom stereocenters. The van der Waals surface area contributed by atoms with Crippen molar-refractivity contribution in [3.05, 3.63) is 0 Å². The number of methoxy groups -OCH3 is 1. The Balaban J connectivity index is 2.65. The molecule has 2 amide bonds. The van der Waals surface area contributed by atoms with E-state index in [2.05, 4.69) is 0 Å². The van der Waals surface area contributed by atoms with Gasteiger partial charge >= 0.3 is 12.0 Å². The molecule has 0 saturated carbocycles. The van der Waals surface area contributed by atoms with Crippen molar-refractivity contribution >= 4 is 12.0 Å². The van der Waals surface area contributed by atoms with Crippen molar-refractivity contribution in [2.45, 2.75) is 32.7 Å². The average molecular weight is 272 g/mol. The van der Waals surface area contributed by atoms with Crippen molar-refractivity contribution < 1.29 is 19.4 Å². The highest BCUT2D eigenvalue weighted by atomic mass is 16.5. The molecule has 1 N–H and O–H groups in total. The molecule has 1 heterocycles. The number of hydrogen-bond donors (Lipinski definition) is 1. The normalized spacial score (nSPS) is 19.6. The highest BCUT2D eigenvalue weighted by molar-refractivity contribution is 5.77. The highest BCUT2D eigenvalue weighted by Crippen LogP contribution is 2.18. The Labute approximate surface area is 114 Å². The largest absolute Gasteiger partial charge is 0.481 e. The van der Waals surface area contributed by atoms with Crippen LogP contribution in [0.2, 0.25) is 0 Å². The van der Waals surface area contributed by atoms with E-state index in [1.54, 1.807) is 16.9 Å². The second-order valence-electron chi connectivity index (χ2n) is 5.19. The van der Waals surface area contributed by atoms with Gasteiger partial charge < -0.3 is 19.6 Å². The first-order valence-corrected chi connectivity index (χ1v) is 6.74. The quantitative estimate of drug-likeness (QED) is 0.818. The highest BCUT2D eigenvalue weighted by Gasteiger charge is 2.31. The number of likely N-dealkylation sites (tertiary alicyclic amines) is 1. The molecule has 0 bridgehead atoms. The van der Waals surface area contributed by atoms with Crippen molar-refractivity contribution in [2.75, 3.05) is 33.4 Å². The third-order valence-electron chi connectivity index (χ3n) is 3.45. The summed E-state index contributed by atoms with van der Waals surface area (Å²) >= 11 is 0. The lowest BCUT2D eigenvalue weighted by Crippen LogP contribution is -2.51. The van der Waals surface area contributed by atoms with Crippen LogP contribution in [0.1, 0.15) is 26.7 Å². The second-order valence-corrected chi connectivity index (χ2v) is 5.19. The van der Waals surface area contributed by atoms with Crippen LogP contribution < -0.4 is 0 Å². The number of carbonyl (C=O) groups excluding carboxylic acids is 1. The number of nitrogens with zero attached hydrogens (tertiary/aromatic N) is 2. The van der Waals surface area contributed by atoms with E-state index < -0.39 is 11.9 Å². The summed E-state index contributed by atoms with van der Waals surface area (Å²) < 4.78 is 5.01. The molecule has 110 valence electrons. The van der Waals surface area contributed by atoms with Gasteiger partial charge in [-0.15, -0.1) is 0 Å². The van der Waals surface area contributed by atoms with Gasteiger partial charge in [-0.1, -0.05) is 0 Å². The van der Waals surface area contributed by atoms with E-state index in [4.69, 9.17) is 9.84 Å². The minimum atomic E-state index is -0.814. The first-order valence-electron chi connectivity index (χ1n) is 6.74. The fourth-order valence-corrected chi connectivity index (χ4v) is 2.30. The fourth-order valence-electron chi connectivity index (χ4n) is 2.30. The third kappa shape index (κ3) is 4.38. The van der Waals surface area contributed by atoms with E-state index in [9.17, 15) is 9.59 Å². The number of aliphatic carboxylic acids is 1. The van der Waals surface area contributed by atoms with Gasteiger partial charge in [-0.25, -0.2) is 4.79 Å². The van der Waals surface area contributed by atoms with Gasteiger partial charge in [0.25, 0.3) is 0 Å². The first kappa shape index (κ1) is 15.8. The molecule has 1 rings (SSSR count). The van der Waals surface area contributed by atoms with E-state index in [0.717, 1.165) is 6.42 Å². The Morgan fingerprint density at radius 2 is 2.16 bits per heavy atom. The molecule has 1 fully saturated rings. The molecule has 1 saturated heterocycles. The topological polar surface area (TPSA) is 70.1 Å². The van der Waals surface area contributed by atoms with E-state index in [1.807, 2.05) is 13.8 Å². The Hall–Kier alpha value is -1.30. The SMILES string of the molecule is COCCN(C(=O)N1CCC[C@@H](C(=O)O)C1)C(C)C. The van der Waals surface area contributed by atoms with Crippen LogP contribution in [0.15, 0.2) is 0 Å². The molecule has 6 nitrogen and oxygen atoms in total. The smallest absolute Gasteiger partial charge is 0.320 e. The van der Waals surface area contributed by atoms with Gasteiger partial charge in [0.05, 0.1) is 12.5 Å². The number of rotatable bonds is 5. The van der Waals surface area contributed by atoms with Crippen LogP contribution in [0, 0.1) is 5.92 Å². The second kappa shape index (κ2) is 7.33. The summed E-state index contributed by atoms with van der Waals surface area (Å²) in [5.74, 6) is -1.25. The maximum atomic E-state index is 12.4. The zero-order valence-electron chi connectivity index (χ0n) is 12.0. The van der Waals surface area contributed by atoms with Crippen molar-refractivity contribution in [3.63, 3.8) is 0 Å². The lowest BCUT2D eigenvalue weighted by Gasteiger charge is -2.36. The molecule has 19 heavy (non-hydrogen) atoms. The summed E-state index contributed by atoms with van der Waals surface area (Å²) in [4.78, 5) is 26.8. The summed E-state index contributed by atoms with van der Waals surface area (Å²) in [6.07, 6.45) is 1.40. The van der Waals surface area contributed by atoms with E-state index in [0.29, 0.717) is 32.7 Å². The van der Waals surface area contributed by atoms with E-state index in [1.165, 1.54) is 0 Å². The molecular formula is C13H24N2O4. The predicted octanol–water partition coefficient (Wildman–Crippen LogP) is 1.26. The Morgan fingerprint density at radius 1 is 1.47 bits per heavy atom. The average Bonchev–Trinajstić information content (AvgIpc) is 2.38. The van der Waals surface area contributed by atoms with Gasteiger partial charge in [-0.2, -0.15) is 0 Å².